The maximum absolute atomic E-state index is 12.8. The summed E-state index contributed by atoms with van der Waals surface area (Å²) in [4.78, 5) is 19.9. The highest BCUT2D eigenvalue weighted by Crippen LogP contribution is 2.28. The Hall–Kier alpha value is -1.66. The first kappa shape index (κ1) is 14.9. The molecule has 0 N–H and O–H groups in total. The van der Waals surface area contributed by atoms with Crippen LogP contribution in [0.3, 0.4) is 0 Å². The van der Waals surface area contributed by atoms with Crippen LogP contribution in [0.25, 0.3) is 11.2 Å². The van der Waals surface area contributed by atoms with Gasteiger partial charge in [0, 0.05) is 45.1 Å². The lowest BCUT2D eigenvalue weighted by molar-refractivity contribution is 0.0413. The molecule has 6 nitrogen and oxygen atoms in total. The molecule has 4 rings (SSSR count). The van der Waals surface area contributed by atoms with Crippen molar-refractivity contribution in [3.05, 3.63) is 28.8 Å². The summed E-state index contributed by atoms with van der Waals surface area (Å²) >= 11 is 0. The topological polar surface area (TPSA) is 52.3 Å². The van der Waals surface area contributed by atoms with Crippen LogP contribution in [0.2, 0.25) is 0 Å². The fraction of sp³-hybridized carbons (Fsp3) is 0.647. The molecule has 6 heteroatoms. The normalized spacial score (nSPS) is 23.8. The molecule has 2 aliphatic rings. The first-order chi connectivity index (χ1) is 11.3. The van der Waals surface area contributed by atoms with Gasteiger partial charge in [0.15, 0.2) is 5.65 Å². The fourth-order valence-electron chi connectivity index (χ4n) is 4.10. The van der Waals surface area contributed by atoms with E-state index in [4.69, 9.17) is 4.74 Å². The maximum atomic E-state index is 12.8. The average Bonchev–Trinajstić information content (AvgIpc) is 3.17. The van der Waals surface area contributed by atoms with Gasteiger partial charge in [0.2, 0.25) is 0 Å². The molecule has 23 heavy (non-hydrogen) atoms. The van der Waals surface area contributed by atoms with Crippen LogP contribution in [0.1, 0.15) is 32.2 Å². The Morgan fingerprint density at radius 2 is 2.09 bits per heavy atom. The SMILES string of the molecule is CCn1c(=O)n([C@@H]2CCN(C3CCOCC3)C2)c2ncccc21. The molecular weight excluding hydrogens is 292 g/mol. The molecule has 1 atom stereocenters. The number of hydrogen-bond acceptors (Lipinski definition) is 4. The van der Waals surface area contributed by atoms with Crippen LogP contribution < -0.4 is 5.69 Å². The van der Waals surface area contributed by atoms with Gasteiger partial charge in [-0.05, 0) is 38.3 Å². The Morgan fingerprint density at radius 3 is 2.87 bits per heavy atom. The minimum atomic E-state index is 0.0834. The Morgan fingerprint density at radius 1 is 1.26 bits per heavy atom. The molecule has 2 aromatic rings. The largest absolute Gasteiger partial charge is 0.381 e. The van der Waals surface area contributed by atoms with E-state index in [1.807, 2.05) is 28.2 Å². The van der Waals surface area contributed by atoms with E-state index >= 15 is 0 Å². The molecule has 4 heterocycles. The van der Waals surface area contributed by atoms with E-state index < -0.39 is 0 Å². The van der Waals surface area contributed by atoms with Gasteiger partial charge in [-0.3, -0.25) is 14.0 Å². The molecular formula is C17H24N4O2. The van der Waals surface area contributed by atoms with E-state index in [0.717, 1.165) is 56.7 Å². The minimum absolute atomic E-state index is 0.0834. The van der Waals surface area contributed by atoms with Crippen molar-refractivity contribution >= 4 is 11.2 Å². The molecule has 0 saturated carbocycles. The molecule has 0 aromatic carbocycles. The lowest BCUT2D eigenvalue weighted by Gasteiger charge is -2.31. The van der Waals surface area contributed by atoms with Gasteiger partial charge in [0.1, 0.15) is 0 Å². The van der Waals surface area contributed by atoms with Crippen LogP contribution in [0, 0.1) is 0 Å². The van der Waals surface area contributed by atoms with Crippen molar-refractivity contribution in [2.45, 2.75) is 44.8 Å². The van der Waals surface area contributed by atoms with Crippen molar-refractivity contribution in [2.75, 3.05) is 26.3 Å². The molecule has 2 aromatic heterocycles. The van der Waals surface area contributed by atoms with Gasteiger partial charge >= 0.3 is 5.69 Å². The van der Waals surface area contributed by atoms with Crippen molar-refractivity contribution in [1.82, 2.24) is 19.0 Å². The van der Waals surface area contributed by atoms with Crippen LogP contribution in [-0.4, -0.2) is 51.4 Å². The molecule has 0 unspecified atom stereocenters. The van der Waals surface area contributed by atoms with E-state index in [9.17, 15) is 4.79 Å². The van der Waals surface area contributed by atoms with Gasteiger partial charge in [0.05, 0.1) is 11.6 Å². The first-order valence-electron chi connectivity index (χ1n) is 8.67. The van der Waals surface area contributed by atoms with Crippen LogP contribution in [-0.2, 0) is 11.3 Å². The Balaban J connectivity index is 1.65. The van der Waals surface area contributed by atoms with Gasteiger partial charge in [-0.25, -0.2) is 9.78 Å². The monoisotopic (exact) mass is 316 g/mol. The second-order valence-corrected chi connectivity index (χ2v) is 6.52. The highest BCUT2D eigenvalue weighted by Gasteiger charge is 2.32. The van der Waals surface area contributed by atoms with Crippen molar-refractivity contribution in [1.29, 1.82) is 0 Å². The van der Waals surface area contributed by atoms with Gasteiger partial charge in [-0.1, -0.05) is 0 Å². The van der Waals surface area contributed by atoms with E-state index in [0.29, 0.717) is 12.6 Å². The summed E-state index contributed by atoms with van der Waals surface area (Å²) in [6, 6.07) is 4.74. The second-order valence-electron chi connectivity index (χ2n) is 6.52. The van der Waals surface area contributed by atoms with Gasteiger partial charge in [-0.2, -0.15) is 0 Å². The zero-order valence-corrected chi connectivity index (χ0v) is 13.6. The standard InChI is InChI=1S/C17H24N4O2/c1-2-20-15-4-3-8-18-16(15)21(17(20)22)14-5-9-19(12-14)13-6-10-23-11-7-13/h3-4,8,13-14H,2,5-7,9-12H2,1H3/t14-/m1/s1. The zero-order valence-electron chi connectivity index (χ0n) is 13.6. The van der Waals surface area contributed by atoms with Crippen LogP contribution in [0.5, 0.6) is 0 Å². The Kier molecular flexibility index (Phi) is 3.95. The van der Waals surface area contributed by atoms with Gasteiger partial charge in [-0.15, -0.1) is 0 Å². The number of imidazole rings is 1. The van der Waals surface area contributed by atoms with E-state index in [2.05, 4.69) is 9.88 Å². The molecule has 0 aliphatic carbocycles. The van der Waals surface area contributed by atoms with Crippen LogP contribution >= 0.6 is 0 Å². The molecule has 0 radical (unpaired) electrons. The quantitative estimate of drug-likeness (QED) is 0.864. The number of likely N-dealkylation sites (tertiary alicyclic amines) is 1. The number of aromatic nitrogens is 3. The Bertz CT molecular complexity index is 745. The molecule has 124 valence electrons. The summed E-state index contributed by atoms with van der Waals surface area (Å²) in [5.41, 5.74) is 1.86. The van der Waals surface area contributed by atoms with Crippen molar-refractivity contribution in [3.63, 3.8) is 0 Å². The lowest BCUT2D eigenvalue weighted by atomic mass is 10.1. The summed E-state index contributed by atoms with van der Waals surface area (Å²) in [6.45, 7) is 6.44. The summed E-state index contributed by atoms with van der Waals surface area (Å²) in [7, 11) is 0. The number of nitrogens with zero attached hydrogens (tertiary/aromatic N) is 4. The number of pyridine rings is 1. The Labute approximate surface area is 135 Å². The second kappa shape index (κ2) is 6.09. The molecule has 0 spiro atoms. The molecule has 0 amide bonds. The summed E-state index contributed by atoms with van der Waals surface area (Å²) in [5.74, 6) is 0. The van der Waals surface area contributed by atoms with Crippen LogP contribution in [0.15, 0.2) is 23.1 Å². The summed E-state index contributed by atoms with van der Waals surface area (Å²) in [6.07, 6.45) is 5.02. The highest BCUT2D eigenvalue weighted by molar-refractivity contribution is 5.71. The number of hydrogen-bond donors (Lipinski definition) is 0. The number of fused-ring (bicyclic) bond motifs is 1. The lowest BCUT2D eigenvalue weighted by Crippen LogP contribution is -2.38. The van der Waals surface area contributed by atoms with E-state index in [1.54, 1.807) is 6.20 Å². The number of ether oxygens (including phenoxy) is 1. The third kappa shape index (κ3) is 2.50. The number of aryl methyl sites for hydroxylation is 1. The average molecular weight is 316 g/mol. The number of rotatable bonds is 3. The molecule has 2 saturated heterocycles. The third-order valence-corrected chi connectivity index (χ3v) is 5.31. The van der Waals surface area contributed by atoms with Crippen molar-refractivity contribution in [2.24, 2.45) is 0 Å². The van der Waals surface area contributed by atoms with Crippen molar-refractivity contribution in [3.8, 4) is 0 Å². The smallest absolute Gasteiger partial charge is 0.330 e. The predicted octanol–water partition coefficient (Wildman–Crippen LogP) is 1.64. The van der Waals surface area contributed by atoms with Crippen LogP contribution in [0.4, 0.5) is 0 Å². The third-order valence-electron chi connectivity index (χ3n) is 5.31. The first-order valence-corrected chi connectivity index (χ1v) is 8.67. The maximum Gasteiger partial charge on any atom is 0.330 e. The van der Waals surface area contributed by atoms with E-state index in [1.165, 1.54) is 0 Å². The minimum Gasteiger partial charge on any atom is -0.381 e. The predicted molar refractivity (Wildman–Crippen MR) is 88.7 cm³/mol. The zero-order chi connectivity index (χ0) is 15.8. The van der Waals surface area contributed by atoms with Gasteiger partial charge in [0.25, 0.3) is 0 Å². The van der Waals surface area contributed by atoms with Crippen molar-refractivity contribution < 1.29 is 4.74 Å². The highest BCUT2D eigenvalue weighted by atomic mass is 16.5. The van der Waals surface area contributed by atoms with E-state index in [-0.39, 0.29) is 11.7 Å². The summed E-state index contributed by atoms with van der Waals surface area (Å²) in [5, 5.41) is 0. The molecule has 2 aliphatic heterocycles. The molecule has 2 fully saturated rings. The van der Waals surface area contributed by atoms with Gasteiger partial charge < -0.3 is 4.74 Å². The summed E-state index contributed by atoms with van der Waals surface area (Å²) < 4.78 is 9.23. The fourth-order valence-corrected chi connectivity index (χ4v) is 4.10. The molecule has 0 bridgehead atoms.